The van der Waals surface area contributed by atoms with Gasteiger partial charge in [0.2, 0.25) is 0 Å². The molecule has 5 heteroatoms. The van der Waals surface area contributed by atoms with Crippen LogP contribution in [0, 0.1) is 6.07 Å². The van der Waals surface area contributed by atoms with E-state index in [4.69, 9.17) is 22.3 Å². The molecule has 0 atom stereocenters. The second-order valence-electron chi connectivity index (χ2n) is 18.6. The Bertz CT molecular complexity index is 3460. The first-order valence-corrected chi connectivity index (χ1v) is 21.5. The van der Waals surface area contributed by atoms with E-state index in [1.54, 1.807) is 36.5 Å². The van der Waals surface area contributed by atoms with Crippen molar-refractivity contribution in [2.75, 3.05) is 0 Å². The van der Waals surface area contributed by atoms with Gasteiger partial charge in [0.05, 0.1) is 22.3 Å². The van der Waals surface area contributed by atoms with Crippen molar-refractivity contribution in [1.29, 1.82) is 0 Å². The number of benzene rings is 7. The van der Waals surface area contributed by atoms with Crippen molar-refractivity contribution < 1.29 is 38.5 Å². The van der Waals surface area contributed by atoms with Gasteiger partial charge in [-0.25, -0.2) is 4.98 Å². The van der Waals surface area contributed by atoms with E-state index in [2.05, 4.69) is 107 Å². The summed E-state index contributed by atoms with van der Waals surface area (Å²) >= 11 is 0. The van der Waals surface area contributed by atoms with E-state index in [9.17, 15) is 5.11 Å². The number of para-hydroxylation sites is 2. The fourth-order valence-corrected chi connectivity index (χ4v) is 8.30. The predicted octanol–water partition coefficient (Wildman–Crippen LogP) is 15.8. The van der Waals surface area contributed by atoms with Crippen molar-refractivity contribution in [2.24, 2.45) is 0 Å². The summed E-state index contributed by atoms with van der Waals surface area (Å²) in [7, 11) is 0. The van der Waals surface area contributed by atoms with E-state index in [1.165, 1.54) is 23.3 Å². The monoisotopic (exact) mass is 1040 g/mol. The van der Waals surface area contributed by atoms with Crippen LogP contribution in [0.2, 0.25) is 0 Å². The summed E-state index contributed by atoms with van der Waals surface area (Å²) in [5.41, 5.74) is 9.70. The molecule has 7 aromatic carbocycles. The number of fused-ring (bicyclic) bond motifs is 1. The Morgan fingerprint density at radius 3 is 1.78 bits per heavy atom. The Balaban J connectivity index is 0.00000729. The fourth-order valence-electron chi connectivity index (χ4n) is 8.30. The molecule has 328 valence electrons. The summed E-state index contributed by atoms with van der Waals surface area (Å²) in [5, 5.41) is 11.5. The van der Waals surface area contributed by atoms with E-state index in [1.807, 2.05) is 66.7 Å². The summed E-state index contributed by atoms with van der Waals surface area (Å²) in [4.78, 5) is 10.2. The van der Waals surface area contributed by atoms with E-state index >= 15 is 0 Å². The Hall–Kier alpha value is -6.35. The van der Waals surface area contributed by atoms with Gasteiger partial charge in [-0.1, -0.05) is 194 Å². The molecule has 0 spiro atoms. The first kappa shape index (κ1) is 35.0. The quantitative estimate of drug-likeness (QED) is 0.162. The standard InChI is InChI=1S/C60H56N3O.Pt/c1-58(2,3)46-26-22-40(23-27-46)42-32-33-61-52(37-42)45-35-43(39-16-11-10-12-17-39)34-44(36-45)49-19-15-20-54-56(49)62-57(50-18-13-14-21-55(50)64)63(54)53-31-30-48(60(7,8)9)38-51(53)41-24-28-47(29-25-41)59(4,5)6;/h10-35,37-38,64H,1-9H3;/q-1;/i1D3,2D3,3D3;. The van der Waals surface area contributed by atoms with Crippen LogP contribution < -0.4 is 0 Å². The Kier molecular flexibility index (Phi) is 9.45. The molecule has 0 unspecified atom stereocenters. The maximum Gasteiger partial charge on any atom is 0.148 e. The van der Waals surface area contributed by atoms with E-state index < -0.39 is 26.0 Å². The predicted molar refractivity (Wildman–Crippen MR) is 268 cm³/mol. The molecule has 9 aromatic rings. The van der Waals surface area contributed by atoms with Gasteiger partial charge in [0.15, 0.2) is 0 Å². The van der Waals surface area contributed by atoms with Crippen molar-refractivity contribution >= 4 is 11.0 Å². The van der Waals surface area contributed by atoms with Gasteiger partial charge in [0, 0.05) is 50.9 Å². The Labute approximate surface area is 412 Å². The molecule has 2 heterocycles. The van der Waals surface area contributed by atoms with Gasteiger partial charge in [0.1, 0.15) is 11.6 Å². The van der Waals surface area contributed by atoms with Gasteiger partial charge in [-0.05, 0) is 91.6 Å². The average molecular weight is 1040 g/mol. The fraction of sp³-hybridized carbons (Fsp3) is 0.200. The van der Waals surface area contributed by atoms with Crippen molar-refractivity contribution in [3.05, 3.63) is 193 Å². The van der Waals surface area contributed by atoms with E-state index in [0.717, 1.165) is 44.6 Å². The number of hydrogen-bond acceptors (Lipinski definition) is 3. The first-order valence-electron chi connectivity index (χ1n) is 26.0. The molecule has 0 fully saturated rings. The van der Waals surface area contributed by atoms with Crippen LogP contribution in [0.4, 0.5) is 0 Å². The van der Waals surface area contributed by atoms with Gasteiger partial charge < -0.3 is 5.11 Å². The zero-order chi connectivity index (χ0) is 52.5. The van der Waals surface area contributed by atoms with Crippen molar-refractivity contribution in [1.82, 2.24) is 14.5 Å². The molecule has 9 rings (SSSR count). The normalized spacial score (nSPS) is 14.6. The molecular weight excluding hydrogens is 974 g/mol. The van der Waals surface area contributed by atoms with Gasteiger partial charge >= 0.3 is 0 Å². The average Bonchev–Trinajstić information content (AvgIpc) is 3.72. The third-order valence-corrected chi connectivity index (χ3v) is 11.9. The number of rotatable bonds is 7. The molecule has 0 radical (unpaired) electrons. The molecule has 0 bridgehead atoms. The smallest absolute Gasteiger partial charge is 0.148 e. The molecule has 0 saturated carbocycles. The topological polar surface area (TPSA) is 50.9 Å². The number of nitrogens with zero attached hydrogens (tertiary/aromatic N) is 3. The summed E-state index contributed by atoms with van der Waals surface area (Å²) in [6.45, 7) is 3.12. The maximum absolute atomic E-state index is 11.5. The molecular formula is C60H56N3OPt-. The van der Waals surface area contributed by atoms with Crippen LogP contribution in [0.5, 0.6) is 5.75 Å². The number of imidazole rings is 1. The summed E-state index contributed by atoms with van der Waals surface area (Å²) in [5.74, 6) is 0.653. The second kappa shape index (κ2) is 17.6. The molecule has 4 nitrogen and oxygen atoms in total. The van der Waals surface area contributed by atoms with Crippen LogP contribution in [-0.4, -0.2) is 19.6 Å². The van der Waals surface area contributed by atoms with Crippen LogP contribution in [0.25, 0.3) is 83.9 Å². The van der Waals surface area contributed by atoms with Gasteiger partial charge in [-0.15, -0.1) is 23.8 Å². The minimum Gasteiger partial charge on any atom is -0.507 e. The van der Waals surface area contributed by atoms with E-state index in [0.29, 0.717) is 39.3 Å². The molecule has 1 N–H and O–H groups in total. The van der Waals surface area contributed by atoms with Crippen LogP contribution in [-0.2, 0) is 37.3 Å². The molecule has 65 heavy (non-hydrogen) atoms. The number of phenolic OH excluding ortho intramolecular Hbond substituents is 1. The SMILES string of the molecule is [2H]C([2H])([2H])C(c1ccc(-c2ccnc(-c3[c-]c(-c4cccc5c4nc(-c4ccccc4O)n5-c4ccc(C(C)(C)C)cc4-c4ccc(C(C)(C)C)cc4)cc(-c4ccccc4)c3)c2)cc1)(C([2H])([2H])[2H])C([2H])([2H])[2H].[Pt]. The largest absolute Gasteiger partial charge is 0.507 e. The van der Waals surface area contributed by atoms with Crippen molar-refractivity contribution in [3.63, 3.8) is 0 Å². The Morgan fingerprint density at radius 2 is 1.11 bits per heavy atom. The maximum atomic E-state index is 11.5. The minimum absolute atomic E-state index is 0. The first-order chi connectivity index (χ1) is 34.3. The minimum atomic E-state index is -3.38. The number of pyridine rings is 1. The van der Waals surface area contributed by atoms with Gasteiger partial charge in [-0.2, -0.15) is 0 Å². The summed E-state index contributed by atoms with van der Waals surface area (Å²) in [6.07, 6.45) is 1.65. The van der Waals surface area contributed by atoms with Crippen LogP contribution in [0.15, 0.2) is 170 Å². The summed E-state index contributed by atoms with van der Waals surface area (Å²) < 4.78 is 76.0. The van der Waals surface area contributed by atoms with E-state index in [-0.39, 0.29) is 43.2 Å². The molecule has 0 aliphatic carbocycles. The molecule has 0 saturated heterocycles. The number of aromatic hydroxyl groups is 1. The number of aromatic nitrogens is 3. The number of hydrogen-bond donors (Lipinski definition) is 1. The zero-order valence-corrected chi connectivity index (χ0v) is 39.5. The van der Waals surface area contributed by atoms with Crippen LogP contribution >= 0.6 is 0 Å². The zero-order valence-electron chi connectivity index (χ0n) is 46.3. The molecule has 0 aliphatic heterocycles. The molecule has 0 amide bonds. The second-order valence-corrected chi connectivity index (χ2v) is 18.6. The third kappa shape index (κ3) is 9.15. The Morgan fingerprint density at radius 1 is 0.508 bits per heavy atom. The summed E-state index contributed by atoms with van der Waals surface area (Å²) in [6, 6.07) is 55.8. The van der Waals surface area contributed by atoms with Crippen LogP contribution in [0.1, 0.15) is 91.1 Å². The third-order valence-electron chi connectivity index (χ3n) is 11.9. The molecule has 2 aromatic heterocycles. The van der Waals surface area contributed by atoms with Gasteiger partial charge in [-0.3, -0.25) is 9.55 Å². The van der Waals surface area contributed by atoms with Crippen molar-refractivity contribution in [3.8, 4) is 78.6 Å². The van der Waals surface area contributed by atoms with Crippen LogP contribution in [0.3, 0.4) is 0 Å². The van der Waals surface area contributed by atoms with Gasteiger partial charge in [0.25, 0.3) is 0 Å². The molecule has 0 aliphatic rings. The number of phenols is 1. The van der Waals surface area contributed by atoms with Crippen molar-refractivity contribution in [2.45, 2.75) is 78.3 Å².